The maximum atomic E-state index is 11.5. The monoisotopic (exact) mass is 263 g/mol. The van der Waals surface area contributed by atoms with E-state index in [-0.39, 0.29) is 24.7 Å². The maximum Gasteiger partial charge on any atom is 0.237 e. The summed E-state index contributed by atoms with van der Waals surface area (Å²) in [6.07, 6.45) is 4.52. The normalized spacial score (nSPS) is 17.8. The fourth-order valence-corrected chi connectivity index (χ4v) is 1.94. The van der Waals surface area contributed by atoms with Crippen molar-refractivity contribution in [1.29, 1.82) is 0 Å². The van der Waals surface area contributed by atoms with Gasteiger partial charge in [-0.2, -0.15) is 0 Å². The molecule has 5 N–H and O–H groups in total. The number of halogens is 1. The van der Waals surface area contributed by atoms with Gasteiger partial charge in [-0.15, -0.1) is 12.4 Å². The van der Waals surface area contributed by atoms with Crippen LogP contribution in [0.15, 0.2) is 0 Å². The second-order valence-corrected chi connectivity index (χ2v) is 4.74. The fraction of sp³-hybridized carbons (Fsp3) is 0.818. The minimum absolute atomic E-state index is 0. The van der Waals surface area contributed by atoms with Crippen LogP contribution in [-0.2, 0) is 9.59 Å². The number of amides is 2. The summed E-state index contributed by atoms with van der Waals surface area (Å²) in [7, 11) is 0. The number of nitrogens with two attached hydrogens (primary N) is 2. The molecular formula is C11H22ClN3O2. The lowest BCUT2D eigenvalue weighted by Gasteiger charge is -2.16. The van der Waals surface area contributed by atoms with Crippen molar-refractivity contribution in [2.24, 2.45) is 16.9 Å². The first-order chi connectivity index (χ1) is 7.49. The zero-order valence-corrected chi connectivity index (χ0v) is 11.0. The highest BCUT2D eigenvalue weighted by Crippen LogP contribution is 2.48. The fourth-order valence-electron chi connectivity index (χ4n) is 1.94. The minimum atomic E-state index is -0.810. The van der Waals surface area contributed by atoms with Gasteiger partial charge in [-0.25, -0.2) is 0 Å². The largest absolute Gasteiger partial charge is 0.370 e. The van der Waals surface area contributed by atoms with Gasteiger partial charge in [0.25, 0.3) is 0 Å². The summed E-state index contributed by atoms with van der Waals surface area (Å²) in [6, 6.07) is -0.810. The molecule has 1 fully saturated rings. The van der Waals surface area contributed by atoms with Gasteiger partial charge in [0.2, 0.25) is 11.8 Å². The van der Waals surface area contributed by atoms with Crippen LogP contribution in [0, 0.1) is 5.41 Å². The average Bonchev–Trinajstić information content (AvgIpc) is 2.94. The van der Waals surface area contributed by atoms with Gasteiger partial charge in [-0.05, 0) is 24.7 Å². The van der Waals surface area contributed by atoms with Gasteiger partial charge < -0.3 is 16.8 Å². The van der Waals surface area contributed by atoms with Crippen molar-refractivity contribution in [2.45, 2.75) is 45.1 Å². The molecule has 0 aromatic heterocycles. The van der Waals surface area contributed by atoms with Gasteiger partial charge >= 0.3 is 0 Å². The number of nitrogens with one attached hydrogen (secondary N) is 1. The van der Waals surface area contributed by atoms with Gasteiger partial charge in [-0.1, -0.05) is 13.3 Å². The summed E-state index contributed by atoms with van der Waals surface area (Å²) in [4.78, 5) is 22.1. The van der Waals surface area contributed by atoms with Crippen LogP contribution in [0.2, 0.25) is 0 Å². The van der Waals surface area contributed by atoms with Crippen LogP contribution in [0.25, 0.3) is 0 Å². The number of rotatable bonds is 7. The Labute approximate surface area is 108 Å². The van der Waals surface area contributed by atoms with Crippen LogP contribution in [0.3, 0.4) is 0 Å². The van der Waals surface area contributed by atoms with E-state index in [1.807, 2.05) is 0 Å². The standard InChI is InChI=1S/C11H21N3O2.ClH/c1-2-3-11(4-5-11)7-14-10(16)8(12)6-9(13)15;/h8H,2-7,12H2,1H3,(H2,13,15)(H,14,16);1H. The summed E-state index contributed by atoms with van der Waals surface area (Å²) >= 11 is 0. The molecule has 0 aromatic carbocycles. The van der Waals surface area contributed by atoms with Crippen LogP contribution >= 0.6 is 12.4 Å². The third kappa shape index (κ3) is 5.37. The van der Waals surface area contributed by atoms with Gasteiger partial charge in [0.05, 0.1) is 12.5 Å². The van der Waals surface area contributed by atoms with Gasteiger partial charge in [-0.3, -0.25) is 9.59 Å². The first kappa shape index (κ1) is 16.2. The lowest BCUT2D eigenvalue weighted by molar-refractivity contribution is -0.126. The Morgan fingerprint density at radius 1 is 1.41 bits per heavy atom. The number of primary amides is 1. The highest BCUT2D eigenvalue weighted by atomic mass is 35.5. The first-order valence-electron chi connectivity index (χ1n) is 5.81. The van der Waals surface area contributed by atoms with Crippen molar-refractivity contribution in [3.8, 4) is 0 Å². The van der Waals surface area contributed by atoms with Gasteiger partial charge in [0.1, 0.15) is 0 Å². The summed E-state index contributed by atoms with van der Waals surface area (Å²) in [5.74, 6) is -0.821. The zero-order chi connectivity index (χ0) is 12.2. The molecule has 2 amide bonds. The third-order valence-corrected chi connectivity index (χ3v) is 3.13. The molecule has 0 heterocycles. The van der Waals surface area contributed by atoms with Crippen LogP contribution in [0.5, 0.6) is 0 Å². The van der Waals surface area contributed by atoms with Crippen molar-refractivity contribution in [3.05, 3.63) is 0 Å². The number of hydrogen-bond donors (Lipinski definition) is 3. The molecule has 100 valence electrons. The number of hydrogen-bond acceptors (Lipinski definition) is 3. The van der Waals surface area contributed by atoms with Gasteiger partial charge in [0, 0.05) is 6.54 Å². The second-order valence-electron chi connectivity index (χ2n) is 4.74. The van der Waals surface area contributed by atoms with Gasteiger partial charge in [0.15, 0.2) is 0 Å². The minimum Gasteiger partial charge on any atom is -0.370 e. The number of carbonyl (C=O) groups excluding carboxylic acids is 2. The predicted octanol–water partition coefficient (Wildman–Crippen LogP) is 0.307. The second kappa shape index (κ2) is 6.81. The van der Waals surface area contributed by atoms with E-state index in [1.165, 1.54) is 12.8 Å². The molecule has 1 atom stereocenters. The van der Waals surface area contributed by atoms with Crippen LogP contribution in [0.4, 0.5) is 0 Å². The molecule has 1 saturated carbocycles. The Bertz CT molecular complexity index is 280. The van der Waals surface area contributed by atoms with Crippen molar-refractivity contribution in [3.63, 3.8) is 0 Å². The Kier molecular flexibility index (Phi) is 6.49. The summed E-state index contributed by atoms with van der Waals surface area (Å²) in [6.45, 7) is 2.81. The maximum absolute atomic E-state index is 11.5. The van der Waals surface area contributed by atoms with E-state index in [0.717, 1.165) is 12.8 Å². The predicted molar refractivity (Wildman–Crippen MR) is 68.6 cm³/mol. The average molecular weight is 264 g/mol. The molecule has 17 heavy (non-hydrogen) atoms. The van der Waals surface area contributed by atoms with Crippen molar-refractivity contribution in [2.75, 3.05) is 6.54 Å². The molecule has 1 rings (SSSR count). The lowest BCUT2D eigenvalue weighted by atomic mass is 10.0. The molecule has 6 heteroatoms. The Balaban J connectivity index is 0.00000256. The van der Waals surface area contributed by atoms with Crippen LogP contribution in [-0.4, -0.2) is 24.4 Å². The molecule has 1 unspecified atom stereocenters. The third-order valence-electron chi connectivity index (χ3n) is 3.13. The quantitative estimate of drug-likeness (QED) is 0.616. The SMILES string of the molecule is CCCC1(CNC(=O)C(N)CC(N)=O)CC1.Cl. The van der Waals surface area contributed by atoms with E-state index >= 15 is 0 Å². The van der Waals surface area contributed by atoms with E-state index in [9.17, 15) is 9.59 Å². The zero-order valence-electron chi connectivity index (χ0n) is 10.2. The molecule has 0 aromatic rings. The van der Waals surface area contributed by atoms with E-state index in [0.29, 0.717) is 12.0 Å². The van der Waals surface area contributed by atoms with Crippen LogP contribution in [0.1, 0.15) is 39.0 Å². The molecule has 1 aliphatic carbocycles. The van der Waals surface area contributed by atoms with E-state index in [2.05, 4.69) is 12.2 Å². The molecule has 1 aliphatic rings. The van der Waals surface area contributed by atoms with E-state index in [1.54, 1.807) is 0 Å². The molecule has 0 radical (unpaired) electrons. The van der Waals surface area contributed by atoms with E-state index in [4.69, 9.17) is 11.5 Å². The Hall–Kier alpha value is -0.810. The summed E-state index contributed by atoms with van der Waals surface area (Å²) < 4.78 is 0. The molecule has 5 nitrogen and oxygen atoms in total. The molecule has 0 bridgehead atoms. The van der Waals surface area contributed by atoms with Crippen molar-refractivity contribution >= 4 is 24.2 Å². The Morgan fingerprint density at radius 3 is 2.41 bits per heavy atom. The smallest absolute Gasteiger partial charge is 0.237 e. The summed E-state index contributed by atoms with van der Waals surface area (Å²) in [5, 5.41) is 2.80. The lowest BCUT2D eigenvalue weighted by Crippen LogP contribution is -2.44. The van der Waals surface area contributed by atoms with E-state index < -0.39 is 11.9 Å². The van der Waals surface area contributed by atoms with Crippen molar-refractivity contribution in [1.82, 2.24) is 5.32 Å². The molecule has 0 saturated heterocycles. The van der Waals surface area contributed by atoms with Crippen molar-refractivity contribution < 1.29 is 9.59 Å². The Morgan fingerprint density at radius 2 is 2.00 bits per heavy atom. The molecule has 0 spiro atoms. The highest BCUT2D eigenvalue weighted by Gasteiger charge is 2.41. The first-order valence-corrected chi connectivity index (χ1v) is 5.81. The van der Waals surface area contributed by atoms with Crippen LogP contribution < -0.4 is 16.8 Å². The molecule has 0 aliphatic heterocycles. The molecular weight excluding hydrogens is 242 g/mol. The summed E-state index contributed by atoms with van der Waals surface area (Å²) in [5.41, 5.74) is 10.8. The number of carbonyl (C=O) groups is 2. The topological polar surface area (TPSA) is 98.2 Å². The highest BCUT2D eigenvalue weighted by molar-refractivity contribution is 5.87.